The first kappa shape index (κ1) is 22.1. The molecule has 0 N–H and O–H groups in total. The normalized spacial score (nSPS) is 18.1. The number of methoxy groups -OCH3 is 2. The van der Waals surface area contributed by atoms with Crippen LogP contribution < -0.4 is 15.0 Å². The van der Waals surface area contributed by atoms with Crippen LogP contribution in [0.4, 0.5) is 0 Å². The molecule has 2 aromatic rings. The summed E-state index contributed by atoms with van der Waals surface area (Å²) in [5.74, 6) is 0.802. The first-order chi connectivity index (χ1) is 14.0. The molecule has 0 aliphatic heterocycles. The van der Waals surface area contributed by atoms with Gasteiger partial charge in [0.25, 0.3) is 5.56 Å². The largest absolute Gasteiger partial charge is 0.493 e. The number of ether oxygens (including phenoxy) is 2. The average Bonchev–Trinajstić information content (AvgIpc) is 2.66. The minimum absolute atomic E-state index is 0.0620. The lowest BCUT2D eigenvalue weighted by molar-refractivity contribution is 0.0518. The highest BCUT2D eigenvalue weighted by Crippen LogP contribution is 2.48. The highest BCUT2D eigenvalue weighted by atomic mass is 16.5. The third kappa shape index (κ3) is 4.42. The standard InChI is InChI=1S/C24H32N2O4/c1-15-10-18(21(27)16-12-23(2,3)14-24(4,5)13-16)22(28)26(25-15)17-8-9-19(29-6)20(11-17)30-7/h8-11,16H,12-14H2,1-7H3. The molecular formula is C24H32N2O4. The molecule has 0 unspecified atom stereocenters. The second kappa shape index (κ2) is 7.89. The van der Waals surface area contributed by atoms with Crippen molar-refractivity contribution in [3.63, 3.8) is 0 Å². The van der Waals surface area contributed by atoms with Gasteiger partial charge in [-0.15, -0.1) is 0 Å². The third-order valence-corrected chi connectivity index (χ3v) is 5.84. The molecule has 1 heterocycles. The van der Waals surface area contributed by atoms with Crippen molar-refractivity contribution in [3.05, 3.63) is 45.9 Å². The van der Waals surface area contributed by atoms with Crippen LogP contribution in [0.1, 0.15) is 63.0 Å². The summed E-state index contributed by atoms with van der Waals surface area (Å²) in [5, 5.41) is 4.37. The molecule has 162 valence electrons. The topological polar surface area (TPSA) is 70.4 Å². The van der Waals surface area contributed by atoms with Gasteiger partial charge in [-0.1, -0.05) is 27.7 Å². The summed E-state index contributed by atoms with van der Waals surface area (Å²) in [4.78, 5) is 26.8. The molecule has 0 amide bonds. The zero-order chi connectivity index (χ0) is 22.3. The van der Waals surface area contributed by atoms with Crippen molar-refractivity contribution in [2.75, 3.05) is 14.2 Å². The molecule has 1 fully saturated rings. The van der Waals surface area contributed by atoms with Crippen LogP contribution in [0.5, 0.6) is 11.5 Å². The van der Waals surface area contributed by atoms with Crippen LogP contribution in [0.15, 0.2) is 29.1 Å². The maximum atomic E-state index is 13.5. The van der Waals surface area contributed by atoms with E-state index in [2.05, 4.69) is 32.8 Å². The van der Waals surface area contributed by atoms with Crippen LogP contribution in [0, 0.1) is 23.7 Å². The number of aryl methyl sites for hydroxylation is 1. The van der Waals surface area contributed by atoms with Crippen molar-refractivity contribution in [1.82, 2.24) is 9.78 Å². The molecule has 0 atom stereocenters. The molecule has 30 heavy (non-hydrogen) atoms. The molecule has 6 nitrogen and oxygen atoms in total. The monoisotopic (exact) mass is 412 g/mol. The van der Waals surface area contributed by atoms with Crippen molar-refractivity contribution < 1.29 is 14.3 Å². The number of aromatic nitrogens is 2. The summed E-state index contributed by atoms with van der Waals surface area (Å²) >= 11 is 0. The molecule has 1 aromatic carbocycles. The molecule has 6 heteroatoms. The summed E-state index contributed by atoms with van der Waals surface area (Å²) < 4.78 is 11.9. The van der Waals surface area contributed by atoms with Crippen LogP contribution in [0.3, 0.4) is 0 Å². The molecule has 3 rings (SSSR count). The molecular weight excluding hydrogens is 380 g/mol. The van der Waals surface area contributed by atoms with Crippen LogP contribution in [0.25, 0.3) is 5.69 Å². The molecule has 1 aromatic heterocycles. The fourth-order valence-corrected chi connectivity index (χ4v) is 5.18. The average molecular weight is 413 g/mol. The zero-order valence-electron chi connectivity index (χ0n) is 19.0. The molecule has 0 bridgehead atoms. The Morgan fingerprint density at radius 1 is 1.03 bits per heavy atom. The van der Waals surface area contributed by atoms with E-state index < -0.39 is 5.56 Å². The van der Waals surface area contributed by atoms with Gasteiger partial charge in [0.15, 0.2) is 17.3 Å². The van der Waals surface area contributed by atoms with E-state index in [1.54, 1.807) is 38.3 Å². The summed E-state index contributed by atoms with van der Waals surface area (Å²) in [6.07, 6.45) is 2.63. The van der Waals surface area contributed by atoms with Gasteiger partial charge in [0.1, 0.15) is 0 Å². The number of ketones is 1. The summed E-state index contributed by atoms with van der Waals surface area (Å²) in [6, 6.07) is 6.76. The fourth-order valence-electron chi connectivity index (χ4n) is 5.18. The lowest BCUT2D eigenvalue weighted by Gasteiger charge is -2.44. The zero-order valence-corrected chi connectivity index (χ0v) is 19.0. The van der Waals surface area contributed by atoms with Gasteiger partial charge in [-0.25, -0.2) is 0 Å². The van der Waals surface area contributed by atoms with Crippen molar-refractivity contribution in [1.29, 1.82) is 0 Å². The second-order valence-electron chi connectivity index (χ2n) is 9.93. The van der Waals surface area contributed by atoms with Crippen molar-refractivity contribution in [2.24, 2.45) is 16.7 Å². The van der Waals surface area contributed by atoms with Gasteiger partial charge < -0.3 is 9.47 Å². The Morgan fingerprint density at radius 3 is 2.20 bits per heavy atom. The molecule has 1 aliphatic rings. The number of rotatable bonds is 5. The molecule has 1 saturated carbocycles. The summed E-state index contributed by atoms with van der Waals surface area (Å²) in [5.41, 5.74) is 1.07. The molecule has 0 radical (unpaired) electrons. The van der Waals surface area contributed by atoms with E-state index in [1.165, 1.54) is 11.8 Å². The third-order valence-electron chi connectivity index (χ3n) is 5.84. The van der Waals surface area contributed by atoms with Crippen molar-refractivity contribution in [2.45, 2.75) is 53.9 Å². The number of benzene rings is 1. The Hall–Kier alpha value is -2.63. The molecule has 0 saturated heterocycles. The van der Waals surface area contributed by atoms with Crippen LogP contribution in [-0.4, -0.2) is 29.8 Å². The van der Waals surface area contributed by atoms with Crippen LogP contribution in [-0.2, 0) is 0 Å². The van der Waals surface area contributed by atoms with E-state index in [9.17, 15) is 9.59 Å². The number of hydrogen-bond donors (Lipinski definition) is 0. The van der Waals surface area contributed by atoms with Crippen molar-refractivity contribution >= 4 is 5.78 Å². The second-order valence-corrected chi connectivity index (χ2v) is 9.93. The van der Waals surface area contributed by atoms with E-state index in [4.69, 9.17) is 9.47 Å². The first-order valence-electron chi connectivity index (χ1n) is 10.3. The predicted octanol–water partition coefficient (Wildman–Crippen LogP) is 4.59. The predicted molar refractivity (Wildman–Crippen MR) is 117 cm³/mol. The maximum Gasteiger partial charge on any atom is 0.282 e. The van der Waals surface area contributed by atoms with Crippen molar-refractivity contribution in [3.8, 4) is 17.2 Å². The van der Waals surface area contributed by atoms with Gasteiger partial charge in [0, 0.05) is 12.0 Å². The Labute approximate surface area is 178 Å². The van der Waals surface area contributed by atoms with Crippen LogP contribution >= 0.6 is 0 Å². The Kier molecular flexibility index (Phi) is 5.81. The van der Waals surface area contributed by atoms with Gasteiger partial charge in [0.2, 0.25) is 0 Å². The van der Waals surface area contributed by atoms with Gasteiger partial charge in [-0.3, -0.25) is 9.59 Å². The maximum absolute atomic E-state index is 13.5. The molecule has 1 aliphatic carbocycles. The van der Waals surface area contributed by atoms with Gasteiger partial charge >= 0.3 is 0 Å². The summed E-state index contributed by atoms with van der Waals surface area (Å²) in [6.45, 7) is 10.6. The van der Waals surface area contributed by atoms with Gasteiger partial charge in [0.05, 0.1) is 31.2 Å². The molecule has 0 spiro atoms. The highest BCUT2D eigenvalue weighted by Gasteiger charge is 2.41. The number of carbonyl (C=O) groups excluding carboxylic acids is 1. The van der Waals surface area contributed by atoms with Crippen LogP contribution in [0.2, 0.25) is 0 Å². The summed E-state index contributed by atoms with van der Waals surface area (Å²) in [7, 11) is 3.09. The number of carbonyl (C=O) groups is 1. The minimum Gasteiger partial charge on any atom is -0.493 e. The lowest BCUT2D eigenvalue weighted by Crippen LogP contribution is -2.39. The van der Waals surface area contributed by atoms with Gasteiger partial charge in [-0.05, 0) is 55.2 Å². The fraction of sp³-hybridized carbons (Fsp3) is 0.542. The lowest BCUT2D eigenvalue weighted by atomic mass is 9.60. The Balaban J connectivity index is 2.05. The van der Waals surface area contributed by atoms with E-state index in [0.29, 0.717) is 22.9 Å². The van der Waals surface area contributed by atoms with E-state index in [1.807, 2.05) is 0 Å². The highest BCUT2D eigenvalue weighted by molar-refractivity contribution is 5.97. The quantitative estimate of drug-likeness (QED) is 0.672. The number of hydrogen-bond acceptors (Lipinski definition) is 5. The Bertz CT molecular complexity index is 1000. The number of nitrogens with zero attached hydrogens (tertiary/aromatic N) is 2. The SMILES string of the molecule is COc1ccc(-n2nc(C)cc(C(=O)C3CC(C)(C)CC(C)(C)C3)c2=O)cc1OC. The number of Topliss-reactive ketones (excluding diaryl/α,β-unsaturated/α-hetero) is 1. The van der Waals surface area contributed by atoms with E-state index >= 15 is 0 Å². The van der Waals surface area contributed by atoms with E-state index in [-0.39, 0.29) is 28.1 Å². The minimum atomic E-state index is -0.404. The van der Waals surface area contributed by atoms with Gasteiger partial charge in [-0.2, -0.15) is 9.78 Å². The first-order valence-corrected chi connectivity index (χ1v) is 10.3. The smallest absolute Gasteiger partial charge is 0.282 e. The van der Waals surface area contributed by atoms with E-state index in [0.717, 1.165) is 19.3 Å². The Morgan fingerprint density at radius 2 is 1.63 bits per heavy atom.